The SMILES string of the molecule is COC(=O)c1nc(-c2ccccc2)oc1C(=O)OC. The van der Waals surface area contributed by atoms with Crippen LogP contribution in [-0.2, 0) is 9.47 Å². The Kier molecular flexibility index (Phi) is 3.61. The Bertz CT molecular complexity index is 569. The summed E-state index contributed by atoms with van der Waals surface area (Å²) in [6.07, 6.45) is 0. The van der Waals surface area contributed by atoms with Crippen molar-refractivity contribution in [2.24, 2.45) is 0 Å². The predicted molar refractivity (Wildman–Crippen MR) is 64.6 cm³/mol. The topological polar surface area (TPSA) is 78.6 Å². The molecule has 6 heteroatoms. The Balaban J connectivity index is 2.52. The van der Waals surface area contributed by atoms with Crippen molar-refractivity contribution >= 4 is 11.9 Å². The number of rotatable bonds is 3. The quantitative estimate of drug-likeness (QED) is 0.785. The first-order valence-corrected chi connectivity index (χ1v) is 5.40. The molecule has 0 saturated carbocycles. The van der Waals surface area contributed by atoms with Crippen LogP contribution in [0.4, 0.5) is 0 Å². The molecular formula is C13H11NO5. The van der Waals surface area contributed by atoms with Crippen LogP contribution in [0.2, 0.25) is 0 Å². The summed E-state index contributed by atoms with van der Waals surface area (Å²) in [7, 11) is 2.38. The molecule has 19 heavy (non-hydrogen) atoms. The number of carbonyl (C=O) groups is 2. The van der Waals surface area contributed by atoms with Gasteiger partial charge in [0.25, 0.3) is 0 Å². The van der Waals surface area contributed by atoms with Crippen LogP contribution in [0.3, 0.4) is 0 Å². The molecule has 0 aliphatic heterocycles. The maximum Gasteiger partial charge on any atom is 0.376 e. The van der Waals surface area contributed by atoms with E-state index >= 15 is 0 Å². The zero-order chi connectivity index (χ0) is 13.8. The molecule has 0 N–H and O–H groups in total. The molecule has 0 atom stereocenters. The van der Waals surface area contributed by atoms with Crippen molar-refractivity contribution in [1.82, 2.24) is 4.98 Å². The van der Waals surface area contributed by atoms with Crippen molar-refractivity contribution in [3.05, 3.63) is 41.8 Å². The number of ether oxygens (including phenoxy) is 2. The monoisotopic (exact) mass is 261 g/mol. The minimum atomic E-state index is -0.782. The number of esters is 2. The summed E-state index contributed by atoms with van der Waals surface area (Å²) in [4.78, 5) is 27.1. The van der Waals surface area contributed by atoms with Crippen LogP contribution in [0.1, 0.15) is 21.0 Å². The van der Waals surface area contributed by atoms with Crippen LogP contribution in [0, 0.1) is 0 Å². The van der Waals surface area contributed by atoms with Crippen LogP contribution in [0.25, 0.3) is 11.5 Å². The van der Waals surface area contributed by atoms with Gasteiger partial charge in [-0.3, -0.25) is 0 Å². The van der Waals surface area contributed by atoms with Crippen molar-refractivity contribution < 1.29 is 23.5 Å². The zero-order valence-electron chi connectivity index (χ0n) is 10.4. The maximum absolute atomic E-state index is 11.5. The summed E-state index contributed by atoms with van der Waals surface area (Å²) >= 11 is 0. The lowest BCUT2D eigenvalue weighted by Gasteiger charge is -1.96. The third-order valence-corrected chi connectivity index (χ3v) is 2.40. The molecule has 0 aliphatic carbocycles. The molecule has 98 valence electrons. The molecule has 1 aromatic heterocycles. The molecule has 0 aliphatic rings. The van der Waals surface area contributed by atoms with Gasteiger partial charge in [0.1, 0.15) is 0 Å². The van der Waals surface area contributed by atoms with E-state index in [1.807, 2.05) is 6.07 Å². The van der Waals surface area contributed by atoms with Crippen molar-refractivity contribution in [2.45, 2.75) is 0 Å². The number of nitrogens with zero attached hydrogens (tertiary/aromatic N) is 1. The summed E-state index contributed by atoms with van der Waals surface area (Å²) in [5.74, 6) is -1.66. The molecule has 1 aromatic carbocycles. The van der Waals surface area contributed by atoms with Gasteiger partial charge in [0.2, 0.25) is 17.3 Å². The van der Waals surface area contributed by atoms with Gasteiger partial charge in [0.15, 0.2) is 0 Å². The van der Waals surface area contributed by atoms with E-state index in [1.54, 1.807) is 24.3 Å². The third-order valence-electron chi connectivity index (χ3n) is 2.40. The lowest BCUT2D eigenvalue weighted by molar-refractivity contribution is 0.0527. The number of oxazole rings is 1. The minimum Gasteiger partial charge on any atom is -0.464 e. The molecule has 0 fully saturated rings. The summed E-state index contributed by atoms with van der Waals surface area (Å²) in [5.41, 5.74) is 0.441. The molecule has 0 unspecified atom stereocenters. The second-order valence-corrected chi connectivity index (χ2v) is 3.55. The zero-order valence-corrected chi connectivity index (χ0v) is 10.4. The van der Waals surface area contributed by atoms with Gasteiger partial charge in [-0.25, -0.2) is 14.6 Å². The largest absolute Gasteiger partial charge is 0.464 e. The van der Waals surface area contributed by atoms with Crippen LogP contribution >= 0.6 is 0 Å². The van der Waals surface area contributed by atoms with Crippen molar-refractivity contribution in [3.63, 3.8) is 0 Å². The van der Waals surface area contributed by atoms with E-state index in [1.165, 1.54) is 14.2 Å². The fourth-order valence-electron chi connectivity index (χ4n) is 1.49. The fraction of sp³-hybridized carbons (Fsp3) is 0.154. The first-order chi connectivity index (χ1) is 9.17. The summed E-state index contributed by atoms with van der Waals surface area (Å²) < 4.78 is 14.4. The minimum absolute atomic E-state index is 0.154. The molecule has 0 bridgehead atoms. The highest BCUT2D eigenvalue weighted by Crippen LogP contribution is 2.22. The van der Waals surface area contributed by atoms with Crippen LogP contribution in [0.5, 0.6) is 0 Å². The molecule has 0 amide bonds. The van der Waals surface area contributed by atoms with Crippen LogP contribution in [-0.4, -0.2) is 31.1 Å². The second-order valence-electron chi connectivity index (χ2n) is 3.55. The molecular weight excluding hydrogens is 250 g/mol. The van der Waals surface area contributed by atoms with E-state index in [4.69, 9.17) is 4.42 Å². The van der Waals surface area contributed by atoms with Crippen molar-refractivity contribution in [3.8, 4) is 11.5 Å². The Morgan fingerprint density at radius 3 is 2.26 bits per heavy atom. The average Bonchev–Trinajstić information content (AvgIpc) is 2.91. The van der Waals surface area contributed by atoms with Gasteiger partial charge in [0, 0.05) is 5.56 Å². The predicted octanol–water partition coefficient (Wildman–Crippen LogP) is 1.91. The normalized spacial score (nSPS) is 10.0. The van der Waals surface area contributed by atoms with E-state index in [0.29, 0.717) is 5.56 Å². The lowest BCUT2D eigenvalue weighted by Crippen LogP contribution is -2.10. The van der Waals surface area contributed by atoms with E-state index in [-0.39, 0.29) is 17.3 Å². The molecule has 2 aromatic rings. The highest BCUT2D eigenvalue weighted by Gasteiger charge is 2.27. The molecule has 2 rings (SSSR count). The number of aromatic nitrogens is 1. The molecule has 0 radical (unpaired) electrons. The number of methoxy groups -OCH3 is 2. The fourth-order valence-corrected chi connectivity index (χ4v) is 1.49. The van der Waals surface area contributed by atoms with E-state index < -0.39 is 11.9 Å². The highest BCUT2D eigenvalue weighted by atomic mass is 16.5. The molecule has 0 saturated heterocycles. The number of hydrogen-bond donors (Lipinski definition) is 0. The molecule has 6 nitrogen and oxygen atoms in total. The second kappa shape index (κ2) is 5.34. The Labute approximate surface area is 109 Å². The van der Waals surface area contributed by atoms with Crippen molar-refractivity contribution in [1.29, 1.82) is 0 Å². The Morgan fingerprint density at radius 1 is 1.05 bits per heavy atom. The van der Waals surface area contributed by atoms with Gasteiger partial charge in [-0.05, 0) is 12.1 Å². The van der Waals surface area contributed by atoms with Gasteiger partial charge in [-0.2, -0.15) is 0 Å². The third kappa shape index (κ3) is 2.47. The van der Waals surface area contributed by atoms with Crippen LogP contribution < -0.4 is 0 Å². The Hall–Kier alpha value is -2.63. The Morgan fingerprint density at radius 2 is 1.68 bits per heavy atom. The summed E-state index contributed by atoms with van der Waals surface area (Å²) in [6.45, 7) is 0. The van der Waals surface area contributed by atoms with E-state index in [2.05, 4.69) is 14.5 Å². The van der Waals surface area contributed by atoms with E-state index in [0.717, 1.165) is 0 Å². The first kappa shape index (κ1) is 12.8. The number of carbonyl (C=O) groups excluding carboxylic acids is 2. The van der Waals surface area contributed by atoms with Gasteiger partial charge < -0.3 is 13.9 Å². The first-order valence-electron chi connectivity index (χ1n) is 5.40. The van der Waals surface area contributed by atoms with Gasteiger partial charge >= 0.3 is 11.9 Å². The van der Waals surface area contributed by atoms with Crippen LogP contribution in [0.15, 0.2) is 34.7 Å². The molecule has 1 heterocycles. The average molecular weight is 261 g/mol. The highest BCUT2D eigenvalue weighted by molar-refractivity contribution is 6.00. The standard InChI is InChI=1S/C13H11NO5/c1-17-12(15)9-10(13(16)18-2)19-11(14-9)8-6-4-3-5-7-8/h3-7H,1-2H3. The summed E-state index contributed by atoms with van der Waals surface area (Å²) in [5, 5.41) is 0. The lowest BCUT2D eigenvalue weighted by atomic mass is 10.2. The molecule has 0 spiro atoms. The van der Waals surface area contributed by atoms with Gasteiger partial charge in [-0.15, -0.1) is 0 Å². The number of hydrogen-bond acceptors (Lipinski definition) is 6. The van der Waals surface area contributed by atoms with E-state index in [9.17, 15) is 9.59 Å². The smallest absolute Gasteiger partial charge is 0.376 e. The van der Waals surface area contributed by atoms with Crippen molar-refractivity contribution in [2.75, 3.05) is 14.2 Å². The number of benzene rings is 1. The maximum atomic E-state index is 11.5. The van der Waals surface area contributed by atoms with Gasteiger partial charge in [-0.1, -0.05) is 18.2 Å². The van der Waals surface area contributed by atoms with Gasteiger partial charge in [0.05, 0.1) is 14.2 Å². The summed E-state index contributed by atoms with van der Waals surface area (Å²) in [6, 6.07) is 8.89.